The second-order valence-corrected chi connectivity index (χ2v) is 6.52. The quantitative estimate of drug-likeness (QED) is 0.852. The molecule has 0 spiro atoms. The summed E-state index contributed by atoms with van der Waals surface area (Å²) in [6.45, 7) is 3.79. The lowest BCUT2D eigenvalue weighted by molar-refractivity contribution is 0.0622. The van der Waals surface area contributed by atoms with Crippen LogP contribution in [0, 0.1) is 0 Å². The van der Waals surface area contributed by atoms with E-state index in [1.165, 1.54) is 0 Å². The highest BCUT2D eigenvalue weighted by atomic mass is 35.5. The first kappa shape index (κ1) is 16.3. The average molecular weight is 353 g/mol. The Morgan fingerprint density at radius 2 is 1.91 bits per heavy atom. The number of piperazine rings is 1. The molecule has 0 unspecified atom stereocenters. The third-order valence-electron chi connectivity index (χ3n) is 4.00. The number of amides is 1. The van der Waals surface area contributed by atoms with E-state index in [2.05, 4.69) is 10.00 Å². The Balaban J connectivity index is 1.57. The van der Waals surface area contributed by atoms with Gasteiger partial charge in [-0.05, 0) is 23.8 Å². The number of halogens is 2. The Morgan fingerprint density at radius 1 is 1.17 bits per heavy atom. The number of aromatic nitrogens is 2. The van der Waals surface area contributed by atoms with Crippen molar-refractivity contribution >= 4 is 29.1 Å². The molecule has 1 aliphatic heterocycles. The van der Waals surface area contributed by atoms with Crippen LogP contribution in [0.15, 0.2) is 30.5 Å². The van der Waals surface area contributed by atoms with Crippen molar-refractivity contribution in [2.24, 2.45) is 7.05 Å². The lowest BCUT2D eigenvalue weighted by atomic mass is 10.2. The highest BCUT2D eigenvalue weighted by Crippen LogP contribution is 2.22. The molecule has 23 heavy (non-hydrogen) atoms. The highest BCUT2D eigenvalue weighted by molar-refractivity contribution is 6.35. The predicted octanol–water partition coefficient (Wildman–Crippen LogP) is 2.68. The molecular formula is C16H18Cl2N4O. The van der Waals surface area contributed by atoms with Crippen LogP contribution in [0.4, 0.5) is 0 Å². The van der Waals surface area contributed by atoms with Crippen LogP contribution in [0.5, 0.6) is 0 Å². The van der Waals surface area contributed by atoms with Crippen molar-refractivity contribution < 1.29 is 4.79 Å². The number of nitrogens with zero attached hydrogens (tertiary/aromatic N) is 4. The Hall–Kier alpha value is -1.56. The predicted molar refractivity (Wildman–Crippen MR) is 90.9 cm³/mol. The Bertz CT molecular complexity index is 708. The minimum absolute atomic E-state index is 0.00484. The molecule has 0 radical (unpaired) electrons. The fraction of sp³-hybridized carbons (Fsp3) is 0.375. The van der Waals surface area contributed by atoms with Gasteiger partial charge in [0.15, 0.2) is 0 Å². The SMILES string of the molecule is Cn1ccc(C(=O)N2CCN(Cc3ccc(Cl)cc3Cl)CC2)n1. The van der Waals surface area contributed by atoms with Crippen LogP contribution in [0.3, 0.4) is 0 Å². The first-order chi connectivity index (χ1) is 11.0. The number of hydrogen-bond donors (Lipinski definition) is 0. The van der Waals surface area contributed by atoms with Crippen molar-refractivity contribution in [3.63, 3.8) is 0 Å². The molecule has 0 aliphatic carbocycles. The van der Waals surface area contributed by atoms with Gasteiger partial charge in [-0.2, -0.15) is 5.10 Å². The van der Waals surface area contributed by atoms with Gasteiger partial charge in [0, 0.05) is 56.0 Å². The smallest absolute Gasteiger partial charge is 0.274 e. The fourth-order valence-corrected chi connectivity index (χ4v) is 3.16. The van der Waals surface area contributed by atoms with Crippen LogP contribution in [0.1, 0.15) is 16.1 Å². The van der Waals surface area contributed by atoms with E-state index in [1.807, 2.05) is 24.1 Å². The monoisotopic (exact) mass is 352 g/mol. The van der Waals surface area contributed by atoms with Crippen molar-refractivity contribution in [1.29, 1.82) is 0 Å². The van der Waals surface area contributed by atoms with E-state index in [1.54, 1.807) is 23.0 Å². The highest BCUT2D eigenvalue weighted by Gasteiger charge is 2.23. The van der Waals surface area contributed by atoms with Gasteiger partial charge in [0.05, 0.1) is 0 Å². The third-order valence-corrected chi connectivity index (χ3v) is 4.59. The van der Waals surface area contributed by atoms with Crippen LogP contribution >= 0.6 is 23.2 Å². The minimum Gasteiger partial charge on any atom is -0.335 e. The molecule has 0 N–H and O–H groups in total. The molecule has 2 heterocycles. The molecule has 1 aliphatic rings. The molecule has 122 valence electrons. The molecule has 1 aromatic carbocycles. The van der Waals surface area contributed by atoms with Crippen LogP contribution in [0.25, 0.3) is 0 Å². The number of carbonyl (C=O) groups excluding carboxylic acids is 1. The summed E-state index contributed by atoms with van der Waals surface area (Å²) in [4.78, 5) is 16.5. The van der Waals surface area contributed by atoms with Crippen LogP contribution in [-0.4, -0.2) is 51.7 Å². The van der Waals surface area contributed by atoms with Gasteiger partial charge >= 0.3 is 0 Å². The second-order valence-electron chi connectivity index (χ2n) is 5.68. The van der Waals surface area contributed by atoms with E-state index in [0.717, 1.165) is 25.2 Å². The number of benzene rings is 1. The number of aryl methyl sites for hydroxylation is 1. The number of hydrogen-bond acceptors (Lipinski definition) is 3. The van der Waals surface area contributed by atoms with E-state index in [9.17, 15) is 4.79 Å². The van der Waals surface area contributed by atoms with Crippen LogP contribution < -0.4 is 0 Å². The van der Waals surface area contributed by atoms with Gasteiger partial charge in [-0.15, -0.1) is 0 Å². The van der Waals surface area contributed by atoms with Crippen molar-refractivity contribution in [2.75, 3.05) is 26.2 Å². The lowest BCUT2D eigenvalue weighted by Crippen LogP contribution is -2.48. The summed E-state index contributed by atoms with van der Waals surface area (Å²) in [5.41, 5.74) is 1.56. The standard InChI is InChI=1S/C16H18Cl2N4O/c1-20-5-4-15(19-20)16(23)22-8-6-21(7-9-22)11-12-2-3-13(17)10-14(12)18/h2-5,10H,6-9,11H2,1H3. The lowest BCUT2D eigenvalue weighted by Gasteiger charge is -2.34. The zero-order valence-corrected chi connectivity index (χ0v) is 14.4. The first-order valence-electron chi connectivity index (χ1n) is 7.48. The molecule has 0 bridgehead atoms. The summed E-state index contributed by atoms with van der Waals surface area (Å²) < 4.78 is 1.64. The maximum atomic E-state index is 12.4. The summed E-state index contributed by atoms with van der Waals surface area (Å²) >= 11 is 12.1. The molecule has 7 heteroatoms. The molecule has 0 saturated carbocycles. The van der Waals surface area contributed by atoms with Gasteiger partial charge in [0.2, 0.25) is 0 Å². The van der Waals surface area contributed by atoms with Gasteiger partial charge in [0.1, 0.15) is 5.69 Å². The van der Waals surface area contributed by atoms with Crippen molar-refractivity contribution in [1.82, 2.24) is 19.6 Å². The van der Waals surface area contributed by atoms with Crippen molar-refractivity contribution in [2.45, 2.75) is 6.54 Å². The van der Waals surface area contributed by atoms with Gasteiger partial charge in [0.25, 0.3) is 5.91 Å². The molecule has 2 aromatic rings. The minimum atomic E-state index is -0.00484. The van der Waals surface area contributed by atoms with Gasteiger partial charge < -0.3 is 4.90 Å². The van der Waals surface area contributed by atoms with Gasteiger partial charge in [-0.1, -0.05) is 29.3 Å². The molecule has 1 aromatic heterocycles. The number of rotatable bonds is 3. The zero-order valence-electron chi connectivity index (χ0n) is 12.9. The molecule has 5 nitrogen and oxygen atoms in total. The maximum Gasteiger partial charge on any atom is 0.274 e. The normalized spacial score (nSPS) is 15.9. The topological polar surface area (TPSA) is 41.4 Å². The van der Waals surface area contributed by atoms with E-state index in [4.69, 9.17) is 23.2 Å². The largest absolute Gasteiger partial charge is 0.335 e. The van der Waals surface area contributed by atoms with Crippen molar-refractivity contribution in [3.8, 4) is 0 Å². The maximum absolute atomic E-state index is 12.4. The molecule has 1 amide bonds. The molecule has 0 atom stereocenters. The van der Waals surface area contributed by atoms with Crippen LogP contribution in [-0.2, 0) is 13.6 Å². The Morgan fingerprint density at radius 3 is 2.52 bits per heavy atom. The molecule has 1 fully saturated rings. The van der Waals surface area contributed by atoms with Crippen LogP contribution in [0.2, 0.25) is 10.0 Å². The Labute approximate surface area is 145 Å². The Kier molecular flexibility index (Phi) is 4.90. The zero-order chi connectivity index (χ0) is 16.4. The summed E-state index contributed by atoms with van der Waals surface area (Å²) in [5, 5.41) is 5.50. The van der Waals surface area contributed by atoms with Gasteiger partial charge in [-0.3, -0.25) is 14.4 Å². The van der Waals surface area contributed by atoms with E-state index < -0.39 is 0 Å². The molecule has 1 saturated heterocycles. The van der Waals surface area contributed by atoms with Gasteiger partial charge in [-0.25, -0.2) is 0 Å². The van der Waals surface area contributed by atoms with E-state index in [-0.39, 0.29) is 5.91 Å². The summed E-state index contributed by atoms with van der Waals surface area (Å²) in [7, 11) is 1.81. The third kappa shape index (κ3) is 3.86. The second kappa shape index (κ2) is 6.91. The average Bonchev–Trinajstić information content (AvgIpc) is 2.97. The summed E-state index contributed by atoms with van der Waals surface area (Å²) in [6.07, 6.45) is 1.78. The van der Waals surface area contributed by atoms with Crippen molar-refractivity contribution in [3.05, 3.63) is 51.8 Å². The fourth-order valence-electron chi connectivity index (χ4n) is 2.69. The first-order valence-corrected chi connectivity index (χ1v) is 8.24. The summed E-state index contributed by atoms with van der Waals surface area (Å²) in [5.74, 6) is -0.00484. The van der Waals surface area contributed by atoms with E-state index in [0.29, 0.717) is 28.8 Å². The number of carbonyl (C=O) groups is 1. The molecular weight excluding hydrogens is 335 g/mol. The summed E-state index contributed by atoms with van der Waals surface area (Å²) in [6, 6.07) is 7.32. The van der Waals surface area contributed by atoms with E-state index >= 15 is 0 Å². The molecule has 3 rings (SSSR count).